The first-order chi connectivity index (χ1) is 17.9. The molecule has 2 atom stereocenters. The van der Waals surface area contributed by atoms with Crippen LogP contribution >= 0.6 is 12.2 Å². The minimum absolute atomic E-state index is 0.0283. The molecule has 188 valence electrons. The maximum Gasteiger partial charge on any atom is 0.296 e. The minimum Gasteiger partial charge on any atom is -0.496 e. The van der Waals surface area contributed by atoms with Crippen LogP contribution in [-0.4, -0.2) is 36.6 Å². The lowest BCUT2D eigenvalue weighted by Gasteiger charge is -2.28. The van der Waals surface area contributed by atoms with Crippen LogP contribution in [0.15, 0.2) is 73.1 Å². The Hall–Kier alpha value is -4.31. The zero-order valence-electron chi connectivity index (χ0n) is 20.7. The number of ether oxygens (including phenoxy) is 1. The summed E-state index contributed by atoms with van der Waals surface area (Å²) >= 11 is 5.80. The molecule has 0 aliphatic carbocycles. The average Bonchev–Trinajstić information content (AvgIpc) is 3.39. The molecule has 4 heterocycles. The maximum atomic E-state index is 12.0. The fraction of sp³-hybridized carbons (Fsp3) is 0.222. The summed E-state index contributed by atoms with van der Waals surface area (Å²) < 4.78 is 7.15. The second-order valence-corrected chi connectivity index (χ2v) is 9.24. The predicted octanol–water partition coefficient (Wildman–Crippen LogP) is 4.97. The first-order valence-corrected chi connectivity index (χ1v) is 12.2. The van der Waals surface area contributed by atoms with Gasteiger partial charge in [-0.1, -0.05) is 12.1 Å². The Balaban J connectivity index is 1.65. The van der Waals surface area contributed by atoms with E-state index in [0.29, 0.717) is 23.1 Å². The highest BCUT2D eigenvalue weighted by molar-refractivity contribution is 7.80. The van der Waals surface area contributed by atoms with E-state index in [1.54, 1.807) is 24.5 Å². The number of hydrogen-bond acceptors (Lipinski definition) is 6. The molecule has 3 aromatic heterocycles. The standard InChI is InChI=1S/C27H26N6O3S/c1-17-14-21(18(2)32(17)23-11-10-20(36-3)15-24(23)33(34)35)26-25(22-9-5-7-13-29-22)30-27(37)31(26)16-19-8-4-6-12-28-19/h4-15,25-26H,16H2,1-3H3,(H,30,37)/t25-,26-/m1/s1. The van der Waals surface area contributed by atoms with Crippen molar-refractivity contribution in [2.24, 2.45) is 0 Å². The van der Waals surface area contributed by atoms with E-state index in [1.807, 2.05) is 54.8 Å². The lowest BCUT2D eigenvalue weighted by Crippen LogP contribution is -2.29. The molecule has 5 rings (SSSR count). The van der Waals surface area contributed by atoms with Crippen molar-refractivity contribution < 1.29 is 9.66 Å². The Kier molecular flexibility index (Phi) is 6.58. The highest BCUT2D eigenvalue weighted by atomic mass is 32.1. The van der Waals surface area contributed by atoms with Gasteiger partial charge in [0.15, 0.2) is 5.11 Å². The molecule has 1 aliphatic rings. The molecule has 0 saturated carbocycles. The molecule has 1 fully saturated rings. The van der Waals surface area contributed by atoms with Gasteiger partial charge in [0.05, 0.1) is 48.1 Å². The number of aryl methyl sites for hydroxylation is 1. The van der Waals surface area contributed by atoms with Gasteiger partial charge < -0.3 is 19.5 Å². The molecule has 1 N–H and O–H groups in total. The second kappa shape index (κ2) is 9.98. The zero-order valence-corrected chi connectivity index (χ0v) is 21.5. The number of nitrogens with zero attached hydrogens (tertiary/aromatic N) is 5. The number of nitrogens with one attached hydrogen (secondary N) is 1. The smallest absolute Gasteiger partial charge is 0.296 e. The molecule has 37 heavy (non-hydrogen) atoms. The van der Waals surface area contributed by atoms with Crippen LogP contribution in [0.2, 0.25) is 0 Å². The molecule has 1 saturated heterocycles. The van der Waals surface area contributed by atoms with Gasteiger partial charge in [-0.25, -0.2) is 0 Å². The summed E-state index contributed by atoms with van der Waals surface area (Å²) in [5, 5.41) is 16.0. The third-order valence-electron chi connectivity index (χ3n) is 6.67. The number of nitro groups is 1. The van der Waals surface area contributed by atoms with Gasteiger partial charge in [0.1, 0.15) is 11.4 Å². The van der Waals surface area contributed by atoms with Crippen molar-refractivity contribution in [1.29, 1.82) is 0 Å². The van der Waals surface area contributed by atoms with Gasteiger partial charge >= 0.3 is 0 Å². The van der Waals surface area contributed by atoms with Crippen LogP contribution in [-0.2, 0) is 6.54 Å². The normalized spacial score (nSPS) is 17.1. The van der Waals surface area contributed by atoms with Crippen molar-refractivity contribution in [1.82, 2.24) is 24.8 Å². The van der Waals surface area contributed by atoms with Crippen molar-refractivity contribution in [3.63, 3.8) is 0 Å². The van der Waals surface area contributed by atoms with Crippen LogP contribution in [0.1, 0.15) is 40.4 Å². The summed E-state index contributed by atoms with van der Waals surface area (Å²) in [6, 6.07) is 18.2. The summed E-state index contributed by atoms with van der Waals surface area (Å²) in [5.41, 5.74) is 4.95. The van der Waals surface area contributed by atoms with Gasteiger partial charge in [0.25, 0.3) is 5.69 Å². The molecule has 0 unspecified atom stereocenters. The molecule has 0 spiro atoms. The number of rotatable bonds is 7. The highest BCUT2D eigenvalue weighted by Crippen LogP contribution is 2.42. The summed E-state index contributed by atoms with van der Waals surface area (Å²) in [7, 11) is 1.49. The van der Waals surface area contributed by atoms with Gasteiger partial charge in [0.2, 0.25) is 0 Å². The SMILES string of the molecule is COc1ccc(-n2c(C)cc([C@@H]3[C@@H](c4ccccn4)NC(=S)N3Cc3ccccn3)c2C)c([N+](=O)[O-])c1. The van der Waals surface area contributed by atoms with Gasteiger partial charge in [-0.3, -0.25) is 20.1 Å². The Bertz CT molecular complexity index is 1460. The topological polar surface area (TPSA) is 98.3 Å². The molecule has 4 aromatic rings. The van der Waals surface area contributed by atoms with Crippen molar-refractivity contribution in [3.8, 4) is 11.4 Å². The highest BCUT2D eigenvalue weighted by Gasteiger charge is 2.41. The van der Waals surface area contributed by atoms with E-state index in [2.05, 4.69) is 26.3 Å². The number of aromatic nitrogens is 3. The van der Waals surface area contributed by atoms with Crippen molar-refractivity contribution in [2.45, 2.75) is 32.5 Å². The van der Waals surface area contributed by atoms with Gasteiger partial charge in [-0.15, -0.1) is 0 Å². The fourth-order valence-corrected chi connectivity index (χ4v) is 5.31. The van der Waals surface area contributed by atoms with E-state index in [1.165, 1.54) is 13.2 Å². The molecule has 1 aromatic carbocycles. The van der Waals surface area contributed by atoms with Crippen molar-refractivity contribution in [3.05, 3.63) is 112 Å². The van der Waals surface area contributed by atoms with Gasteiger partial charge in [-0.2, -0.15) is 0 Å². The third-order valence-corrected chi connectivity index (χ3v) is 7.02. The Morgan fingerprint density at radius 1 is 1.08 bits per heavy atom. The largest absolute Gasteiger partial charge is 0.496 e. The summed E-state index contributed by atoms with van der Waals surface area (Å²) in [6.07, 6.45) is 3.53. The van der Waals surface area contributed by atoms with E-state index in [4.69, 9.17) is 17.0 Å². The molecule has 10 heteroatoms. The second-order valence-electron chi connectivity index (χ2n) is 8.85. The molecular formula is C27H26N6O3S. The van der Waals surface area contributed by atoms with Crippen LogP contribution in [0.3, 0.4) is 0 Å². The lowest BCUT2D eigenvalue weighted by molar-refractivity contribution is -0.384. The molecule has 0 amide bonds. The maximum absolute atomic E-state index is 12.0. The first kappa shape index (κ1) is 24.4. The molecule has 9 nitrogen and oxygen atoms in total. The lowest BCUT2D eigenvalue weighted by atomic mass is 9.96. The number of methoxy groups -OCH3 is 1. The molecule has 0 bridgehead atoms. The van der Waals surface area contributed by atoms with E-state index in [9.17, 15) is 10.1 Å². The fourth-order valence-electron chi connectivity index (χ4n) is 5.00. The average molecular weight is 515 g/mol. The van der Waals surface area contributed by atoms with E-state index < -0.39 is 0 Å². The first-order valence-electron chi connectivity index (χ1n) is 11.8. The molecule has 0 radical (unpaired) electrons. The third kappa shape index (κ3) is 4.51. The summed E-state index contributed by atoms with van der Waals surface area (Å²) in [6.45, 7) is 4.43. The number of hydrogen-bond donors (Lipinski definition) is 1. The van der Waals surface area contributed by atoms with E-state index in [0.717, 1.165) is 28.3 Å². The number of nitro benzene ring substituents is 1. The number of pyridine rings is 2. The predicted molar refractivity (Wildman–Crippen MR) is 144 cm³/mol. The monoisotopic (exact) mass is 514 g/mol. The van der Waals surface area contributed by atoms with Crippen LogP contribution in [0.4, 0.5) is 5.69 Å². The van der Waals surface area contributed by atoms with Crippen LogP contribution < -0.4 is 10.1 Å². The van der Waals surface area contributed by atoms with Crippen LogP contribution in [0.5, 0.6) is 5.75 Å². The Morgan fingerprint density at radius 3 is 2.49 bits per heavy atom. The van der Waals surface area contributed by atoms with Gasteiger partial charge in [0, 0.05) is 23.8 Å². The Morgan fingerprint density at radius 2 is 1.84 bits per heavy atom. The van der Waals surface area contributed by atoms with E-state index in [-0.39, 0.29) is 22.7 Å². The quantitative estimate of drug-likeness (QED) is 0.210. The van der Waals surface area contributed by atoms with E-state index >= 15 is 0 Å². The van der Waals surface area contributed by atoms with Crippen molar-refractivity contribution in [2.75, 3.05) is 7.11 Å². The molecular weight excluding hydrogens is 488 g/mol. The summed E-state index contributed by atoms with van der Waals surface area (Å²) in [5.74, 6) is 0.431. The van der Waals surface area contributed by atoms with Crippen molar-refractivity contribution >= 4 is 23.0 Å². The van der Waals surface area contributed by atoms with Crippen LogP contribution in [0.25, 0.3) is 5.69 Å². The Labute approximate surface area is 219 Å². The number of benzene rings is 1. The number of thiocarbonyl (C=S) groups is 1. The molecule has 1 aliphatic heterocycles. The minimum atomic E-state index is -0.382. The zero-order chi connectivity index (χ0) is 26.1. The van der Waals surface area contributed by atoms with Gasteiger partial charge in [-0.05, 0) is 74.1 Å². The summed E-state index contributed by atoms with van der Waals surface area (Å²) in [4.78, 5) is 22.8. The van der Waals surface area contributed by atoms with Crippen LogP contribution in [0, 0.1) is 24.0 Å².